The van der Waals surface area contributed by atoms with Crippen LogP contribution in [-0.4, -0.2) is 55.1 Å². The molecule has 1 aliphatic heterocycles. The van der Waals surface area contributed by atoms with Crippen molar-refractivity contribution in [1.82, 2.24) is 9.38 Å². The van der Waals surface area contributed by atoms with Crippen LogP contribution in [0.15, 0.2) is 36.7 Å². The predicted molar refractivity (Wildman–Crippen MR) is 123 cm³/mol. The van der Waals surface area contributed by atoms with Crippen molar-refractivity contribution in [2.75, 3.05) is 37.1 Å². The van der Waals surface area contributed by atoms with Gasteiger partial charge < -0.3 is 19.1 Å². The standard InChI is InChI=1S/C22H26ClN3O4S/c1-30-21-9-16(13-27)18(11-19(21)23)20-12-26-8-5-17(10-22(26)24-20)25-6-3-15(4-7-25)14-31(2,28)29/h5,8-12,15,27H,3-4,6-7,13-14H2,1-2H3. The molecule has 7 nitrogen and oxygen atoms in total. The summed E-state index contributed by atoms with van der Waals surface area (Å²) in [6.07, 6.45) is 6.91. The highest BCUT2D eigenvalue weighted by Gasteiger charge is 2.23. The lowest BCUT2D eigenvalue weighted by molar-refractivity contribution is 0.281. The zero-order chi connectivity index (χ0) is 22.2. The molecule has 0 radical (unpaired) electrons. The second kappa shape index (κ2) is 8.68. The van der Waals surface area contributed by atoms with Crippen molar-refractivity contribution in [3.05, 3.63) is 47.2 Å². The lowest BCUT2D eigenvalue weighted by Gasteiger charge is -2.33. The molecule has 2 aromatic heterocycles. The van der Waals surface area contributed by atoms with E-state index < -0.39 is 9.84 Å². The summed E-state index contributed by atoms with van der Waals surface area (Å²) in [6, 6.07) is 7.57. The Bertz CT molecular complexity index is 1200. The molecule has 0 atom stereocenters. The van der Waals surface area contributed by atoms with Crippen molar-refractivity contribution in [3.63, 3.8) is 0 Å². The number of hydrogen-bond donors (Lipinski definition) is 1. The Morgan fingerprint density at radius 2 is 2.00 bits per heavy atom. The predicted octanol–water partition coefficient (Wildman–Crippen LogP) is 3.42. The third kappa shape index (κ3) is 4.81. The molecule has 0 bridgehead atoms. The summed E-state index contributed by atoms with van der Waals surface area (Å²) in [5, 5.41) is 10.3. The fraction of sp³-hybridized carbons (Fsp3) is 0.409. The van der Waals surface area contributed by atoms with E-state index in [0.717, 1.165) is 48.5 Å². The Labute approximate surface area is 187 Å². The molecule has 9 heteroatoms. The number of piperidine rings is 1. The lowest BCUT2D eigenvalue weighted by Crippen LogP contribution is -2.35. The molecule has 1 N–H and O–H groups in total. The SMILES string of the molecule is COc1cc(CO)c(-c2cn3ccc(N4CCC(CS(C)(=O)=O)CC4)cc3n2)cc1Cl. The average molecular weight is 464 g/mol. The van der Waals surface area contributed by atoms with E-state index in [9.17, 15) is 13.5 Å². The average Bonchev–Trinajstić information content (AvgIpc) is 3.16. The van der Waals surface area contributed by atoms with Crippen LogP contribution in [0.25, 0.3) is 16.9 Å². The number of imidazole rings is 1. The maximum atomic E-state index is 11.6. The number of benzene rings is 1. The normalized spacial score (nSPS) is 15.5. The number of halogens is 1. The summed E-state index contributed by atoms with van der Waals surface area (Å²) < 4.78 is 30.3. The van der Waals surface area contributed by atoms with Crippen molar-refractivity contribution < 1.29 is 18.3 Å². The zero-order valence-electron chi connectivity index (χ0n) is 17.6. The van der Waals surface area contributed by atoms with Gasteiger partial charge in [-0.3, -0.25) is 0 Å². The third-order valence-electron chi connectivity index (χ3n) is 5.79. The molecule has 1 aromatic carbocycles. The molecule has 0 saturated carbocycles. The summed E-state index contributed by atoms with van der Waals surface area (Å²) in [5.41, 5.74) is 4.04. The van der Waals surface area contributed by atoms with Crippen LogP contribution in [0, 0.1) is 5.92 Å². The smallest absolute Gasteiger partial charge is 0.147 e. The molecule has 1 aliphatic rings. The summed E-state index contributed by atoms with van der Waals surface area (Å²) in [7, 11) is -1.40. The van der Waals surface area contributed by atoms with E-state index in [0.29, 0.717) is 16.3 Å². The van der Waals surface area contributed by atoms with Crippen LogP contribution in [0.4, 0.5) is 5.69 Å². The summed E-state index contributed by atoms with van der Waals surface area (Å²) in [5.74, 6) is 1.01. The van der Waals surface area contributed by atoms with Gasteiger partial charge in [0.05, 0.1) is 30.2 Å². The number of aliphatic hydroxyl groups excluding tert-OH is 1. The van der Waals surface area contributed by atoms with Crippen LogP contribution in [0.1, 0.15) is 18.4 Å². The van der Waals surface area contributed by atoms with Crippen LogP contribution < -0.4 is 9.64 Å². The van der Waals surface area contributed by atoms with Crippen LogP contribution in [0.5, 0.6) is 5.75 Å². The molecule has 166 valence electrons. The highest BCUT2D eigenvalue weighted by molar-refractivity contribution is 7.90. The molecule has 31 heavy (non-hydrogen) atoms. The molecule has 3 heterocycles. The van der Waals surface area contributed by atoms with Gasteiger partial charge >= 0.3 is 0 Å². The largest absolute Gasteiger partial charge is 0.495 e. The molecule has 0 spiro atoms. The van der Waals surface area contributed by atoms with Crippen molar-refractivity contribution in [1.29, 1.82) is 0 Å². The summed E-state index contributed by atoms with van der Waals surface area (Å²) in [4.78, 5) is 7.03. The Kier molecular flexibility index (Phi) is 6.14. The number of sulfone groups is 1. The first-order valence-electron chi connectivity index (χ1n) is 10.2. The molecule has 0 aliphatic carbocycles. The minimum absolute atomic E-state index is 0.148. The number of rotatable bonds is 6. The van der Waals surface area contributed by atoms with E-state index in [1.165, 1.54) is 6.26 Å². The monoisotopic (exact) mass is 463 g/mol. The van der Waals surface area contributed by atoms with Crippen LogP contribution in [-0.2, 0) is 16.4 Å². The van der Waals surface area contributed by atoms with Crippen molar-refractivity contribution in [2.24, 2.45) is 5.92 Å². The van der Waals surface area contributed by atoms with Gasteiger partial charge in [0, 0.05) is 49.1 Å². The maximum Gasteiger partial charge on any atom is 0.147 e. The van der Waals surface area contributed by atoms with E-state index in [-0.39, 0.29) is 18.3 Å². The Morgan fingerprint density at radius 3 is 2.65 bits per heavy atom. The van der Waals surface area contributed by atoms with Gasteiger partial charge in [0.25, 0.3) is 0 Å². The van der Waals surface area contributed by atoms with Crippen LogP contribution in [0.3, 0.4) is 0 Å². The molecule has 3 aromatic rings. The number of aromatic nitrogens is 2. The third-order valence-corrected chi connectivity index (χ3v) is 7.16. The van der Waals surface area contributed by atoms with E-state index in [4.69, 9.17) is 21.3 Å². The van der Waals surface area contributed by atoms with Crippen LogP contribution in [0.2, 0.25) is 5.02 Å². The lowest BCUT2D eigenvalue weighted by atomic mass is 9.98. The van der Waals surface area contributed by atoms with E-state index >= 15 is 0 Å². The fourth-order valence-electron chi connectivity index (χ4n) is 4.20. The highest BCUT2D eigenvalue weighted by Crippen LogP contribution is 2.34. The quantitative estimate of drug-likeness (QED) is 0.603. The van der Waals surface area contributed by atoms with Gasteiger partial charge in [-0.1, -0.05) is 11.6 Å². The molecule has 4 rings (SSSR count). The molecule has 1 fully saturated rings. The number of pyridine rings is 1. The van der Waals surface area contributed by atoms with Crippen molar-refractivity contribution >= 4 is 32.8 Å². The number of hydrogen-bond acceptors (Lipinski definition) is 6. The molecule has 0 amide bonds. The number of anilines is 1. The first-order valence-corrected chi connectivity index (χ1v) is 12.6. The zero-order valence-corrected chi connectivity index (χ0v) is 19.2. The van der Waals surface area contributed by atoms with Crippen molar-refractivity contribution in [2.45, 2.75) is 19.4 Å². The summed E-state index contributed by atoms with van der Waals surface area (Å²) in [6.45, 7) is 1.50. The van der Waals surface area contributed by atoms with Gasteiger partial charge in [-0.25, -0.2) is 13.4 Å². The van der Waals surface area contributed by atoms with Gasteiger partial charge in [-0.2, -0.15) is 0 Å². The number of nitrogens with zero attached hydrogens (tertiary/aromatic N) is 3. The number of ether oxygens (including phenoxy) is 1. The highest BCUT2D eigenvalue weighted by atomic mass is 35.5. The summed E-state index contributed by atoms with van der Waals surface area (Å²) >= 11 is 6.30. The number of methoxy groups -OCH3 is 1. The van der Waals surface area contributed by atoms with E-state index in [2.05, 4.69) is 4.90 Å². The minimum atomic E-state index is -2.94. The molecular formula is C22H26ClN3O4S. The first kappa shape index (κ1) is 21.9. The molecule has 1 saturated heterocycles. The second-order valence-electron chi connectivity index (χ2n) is 8.10. The number of aliphatic hydroxyl groups is 1. The van der Waals surface area contributed by atoms with E-state index in [1.54, 1.807) is 19.2 Å². The Morgan fingerprint density at radius 1 is 1.26 bits per heavy atom. The fourth-order valence-corrected chi connectivity index (χ4v) is 5.64. The Hall–Kier alpha value is -2.29. The Balaban J connectivity index is 1.58. The first-order chi connectivity index (χ1) is 14.8. The van der Waals surface area contributed by atoms with Crippen LogP contribution >= 0.6 is 11.6 Å². The second-order valence-corrected chi connectivity index (χ2v) is 10.7. The topological polar surface area (TPSA) is 84.1 Å². The molecular weight excluding hydrogens is 438 g/mol. The molecule has 0 unspecified atom stereocenters. The minimum Gasteiger partial charge on any atom is -0.495 e. The van der Waals surface area contributed by atoms with Gasteiger partial charge in [-0.15, -0.1) is 0 Å². The van der Waals surface area contributed by atoms with Gasteiger partial charge in [0.15, 0.2) is 0 Å². The van der Waals surface area contributed by atoms with Crippen molar-refractivity contribution in [3.8, 4) is 17.0 Å². The van der Waals surface area contributed by atoms with Gasteiger partial charge in [-0.05, 0) is 42.5 Å². The van der Waals surface area contributed by atoms with Gasteiger partial charge in [0.1, 0.15) is 21.2 Å². The van der Waals surface area contributed by atoms with E-state index in [1.807, 2.05) is 28.9 Å². The van der Waals surface area contributed by atoms with Gasteiger partial charge in [0.2, 0.25) is 0 Å². The number of fused-ring (bicyclic) bond motifs is 1. The maximum absolute atomic E-state index is 11.6.